The molecule has 0 aliphatic carbocycles. The Morgan fingerprint density at radius 3 is 2.68 bits per heavy atom. The molecule has 4 nitrogen and oxygen atoms in total. The van der Waals surface area contributed by atoms with Crippen LogP contribution in [0.1, 0.15) is 0 Å². The van der Waals surface area contributed by atoms with Gasteiger partial charge in [-0.2, -0.15) is 0 Å². The van der Waals surface area contributed by atoms with Crippen LogP contribution in [0.25, 0.3) is 11.1 Å². The van der Waals surface area contributed by atoms with Gasteiger partial charge in [-0.15, -0.1) is 0 Å². The molecule has 2 heterocycles. The average Bonchev–Trinajstić information content (AvgIpc) is 2.57. The van der Waals surface area contributed by atoms with Gasteiger partial charge in [0.1, 0.15) is 5.82 Å². The Hall–Kier alpha value is -1.62. The van der Waals surface area contributed by atoms with E-state index in [1.807, 2.05) is 42.6 Å². The van der Waals surface area contributed by atoms with Gasteiger partial charge in [-0.05, 0) is 18.2 Å². The molecule has 0 unspecified atom stereocenters. The first-order chi connectivity index (χ1) is 10.8. The number of ether oxygens (including phenoxy) is 1. The van der Waals surface area contributed by atoms with Gasteiger partial charge in [0.25, 0.3) is 0 Å². The first kappa shape index (κ1) is 15.3. The van der Waals surface area contributed by atoms with E-state index >= 15 is 0 Å². The van der Waals surface area contributed by atoms with E-state index in [9.17, 15) is 0 Å². The minimum absolute atomic E-state index is 0.748. The molecule has 22 heavy (non-hydrogen) atoms. The highest BCUT2D eigenvalue weighted by Crippen LogP contribution is 2.27. The van der Waals surface area contributed by atoms with Gasteiger partial charge in [-0.3, -0.25) is 4.90 Å². The minimum Gasteiger partial charge on any atom is -0.379 e. The third-order valence-electron chi connectivity index (χ3n) is 3.79. The maximum absolute atomic E-state index is 6.21. The summed E-state index contributed by atoms with van der Waals surface area (Å²) in [6.07, 6.45) is 1.86. The Bertz CT molecular complexity index is 597. The fourth-order valence-electron chi connectivity index (χ4n) is 2.52. The van der Waals surface area contributed by atoms with Crippen molar-refractivity contribution in [2.24, 2.45) is 0 Å². The lowest BCUT2D eigenvalue weighted by Gasteiger charge is -2.26. The van der Waals surface area contributed by atoms with Gasteiger partial charge >= 0.3 is 0 Å². The molecular formula is C17H20ClN3O. The van der Waals surface area contributed by atoms with E-state index in [-0.39, 0.29) is 0 Å². The highest BCUT2D eigenvalue weighted by molar-refractivity contribution is 6.33. The molecule has 0 bridgehead atoms. The van der Waals surface area contributed by atoms with Crippen LogP contribution < -0.4 is 5.32 Å². The fourth-order valence-corrected chi connectivity index (χ4v) is 2.76. The number of pyridine rings is 1. The first-order valence-corrected chi connectivity index (χ1v) is 7.96. The van der Waals surface area contributed by atoms with Crippen molar-refractivity contribution in [1.82, 2.24) is 9.88 Å². The van der Waals surface area contributed by atoms with Crippen LogP contribution in [0.5, 0.6) is 0 Å². The summed E-state index contributed by atoms with van der Waals surface area (Å²) in [6, 6.07) is 11.9. The molecule has 116 valence electrons. The molecule has 0 saturated carbocycles. The van der Waals surface area contributed by atoms with E-state index in [0.29, 0.717) is 0 Å². The number of hydrogen-bond donors (Lipinski definition) is 1. The Kier molecular flexibility index (Phi) is 5.27. The highest BCUT2D eigenvalue weighted by atomic mass is 35.5. The van der Waals surface area contributed by atoms with E-state index in [1.165, 1.54) is 0 Å². The summed E-state index contributed by atoms with van der Waals surface area (Å²) in [5, 5.41) is 4.11. The first-order valence-electron chi connectivity index (χ1n) is 7.58. The Morgan fingerprint density at radius 2 is 1.95 bits per heavy atom. The van der Waals surface area contributed by atoms with E-state index in [2.05, 4.69) is 15.2 Å². The largest absolute Gasteiger partial charge is 0.379 e. The van der Waals surface area contributed by atoms with Crippen molar-refractivity contribution in [3.63, 3.8) is 0 Å². The fraction of sp³-hybridized carbons (Fsp3) is 0.353. The van der Waals surface area contributed by atoms with Gasteiger partial charge in [0.05, 0.1) is 13.2 Å². The van der Waals surface area contributed by atoms with Crippen molar-refractivity contribution in [3.05, 3.63) is 47.6 Å². The van der Waals surface area contributed by atoms with Crippen LogP contribution in [0.2, 0.25) is 5.02 Å². The van der Waals surface area contributed by atoms with Crippen molar-refractivity contribution in [3.8, 4) is 11.1 Å². The van der Waals surface area contributed by atoms with E-state index in [1.54, 1.807) is 0 Å². The van der Waals surface area contributed by atoms with E-state index in [0.717, 1.165) is 61.4 Å². The van der Waals surface area contributed by atoms with Crippen LogP contribution in [-0.4, -0.2) is 49.3 Å². The lowest BCUT2D eigenvalue weighted by atomic mass is 10.1. The van der Waals surface area contributed by atoms with Crippen molar-refractivity contribution in [2.75, 3.05) is 44.7 Å². The molecule has 1 aromatic carbocycles. The molecule has 0 amide bonds. The zero-order valence-electron chi connectivity index (χ0n) is 12.5. The van der Waals surface area contributed by atoms with Crippen LogP contribution >= 0.6 is 11.6 Å². The quantitative estimate of drug-likeness (QED) is 0.919. The number of anilines is 1. The van der Waals surface area contributed by atoms with Gasteiger partial charge < -0.3 is 10.1 Å². The van der Waals surface area contributed by atoms with Gasteiger partial charge in [-0.25, -0.2) is 4.98 Å². The summed E-state index contributed by atoms with van der Waals surface area (Å²) in [6.45, 7) is 5.60. The number of nitrogens with zero attached hydrogens (tertiary/aromatic N) is 2. The third kappa shape index (κ3) is 3.97. The van der Waals surface area contributed by atoms with Crippen molar-refractivity contribution in [2.45, 2.75) is 0 Å². The Balaban J connectivity index is 1.54. The van der Waals surface area contributed by atoms with Crippen molar-refractivity contribution in [1.29, 1.82) is 0 Å². The Labute approximate surface area is 136 Å². The number of rotatable bonds is 5. The van der Waals surface area contributed by atoms with Crippen LogP contribution in [-0.2, 0) is 4.74 Å². The molecule has 0 radical (unpaired) electrons. The Morgan fingerprint density at radius 1 is 1.14 bits per heavy atom. The van der Waals surface area contributed by atoms with Crippen LogP contribution in [0, 0.1) is 0 Å². The number of aromatic nitrogens is 1. The molecule has 3 rings (SSSR count). The molecule has 1 fully saturated rings. The lowest BCUT2D eigenvalue weighted by molar-refractivity contribution is 0.0398. The summed E-state index contributed by atoms with van der Waals surface area (Å²) in [4.78, 5) is 6.86. The highest BCUT2D eigenvalue weighted by Gasteiger charge is 2.09. The normalized spacial score (nSPS) is 15.7. The number of morpholine rings is 1. The number of hydrogen-bond acceptors (Lipinski definition) is 4. The van der Waals surface area contributed by atoms with Crippen LogP contribution in [0.4, 0.5) is 5.82 Å². The van der Waals surface area contributed by atoms with Crippen LogP contribution in [0.15, 0.2) is 42.6 Å². The zero-order valence-corrected chi connectivity index (χ0v) is 13.2. The lowest BCUT2D eigenvalue weighted by Crippen LogP contribution is -2.39. The van der Waals surface area contributed by atoms with Gasteiger partial charge in [0.15, 0.2) is 0 Å². The molecule has 1 aliphatic heterocycles. The summed E-state index contributed by atoms with van der Waals surface area (Å²) in [5.74, 6) is 0.893. The second-order valence-corrected chi connectivity index (χ2v) is 5.70. The minimum atomic E-state index is 0.748. The van der Waals surface area contributed by atoms with E-state index < -0.39 is 0 Å². The van der Waals surface area contributed by atoms with Crippen LogP contribution in [0.3, 0.4) is 0 Å². The zero-order chi connectivity index (χ0) is 15.2. The second kappa shape index (κ2) is 7.58. The van der Waals surface area contributed by atoms with E-state index in [4.69, 9.17) is 16.3 Å². The smallest absolute Gasteiger partial charge is 0.125 e. The average molecular weight is 318 g/mol. The third-order valence-corrected chi connectivity index (χ3v) is 4.12. The summed E-state index contributed by atoms with van der Waals surface area (Å²) < 4.78 is 5.34. The predicted octanol–water partition coefficient (Wildman–Crippen LogP) is 3.15. The summed E-state index contributed by atoms with van der Waals surface area (Å²) >= 11 is 6.21. The van der Waals surface area contributed by atoms with Crippen molar-refractivity contribution < 1.29 is 4.74 Å². The molecular weight excluding hydrogens is 298 g/mol. The molecule has 1 saturated heterocycles. The van der Waals surface area contributed by atoms with Crippen molar-refractivity contribution >= 4 is 17.4 Å². The second-order valence-electron chi connectivity index (χ2n) is 5.29. The molecule has 1 N–H and O–H groups in total. The van der Waals surface area contributed by atoms with Gasteiger partial charge in [0, 0.05) is 48.5 Å². The molecule has 0 atom stereocenters. The predicted molar refractivity (Wildman–Crippen MR) is 90.4 cm³/mol. The molecule has 1 aliphatic rings. The maximum Gasteiger partial charge on any atom is 0.125 e. The number of halogens is 1. The number of benzene rings is 1. The monoisotopic (exact) mass is 317 g/mol. The molecule has 2 aromatic rings. The summed E-state index contributed by atoms with van der Waals surface area (Å²) in [7, 11) is 0. The molecule has 5 heteroatoms. The van der Waals surface area contributed by atoms with Gasteiger partial charge in [0.2, 0.25) is 0 Å². The SMILES string of the molecule is Clc1ccccc1-c1ccc(NCCN2CCOCC2)nc1. The standard InChI is InChI=1S/C17H20ClN3O/c18-16-4-2-1-3-15(16)14-5-6-17(20-13-14)19-7-8-21-9-11-22-12-10-21/h1-6,13H,7-12H2,(H,19,20). The molecule has 0 spiro atoms. The van der Waals surface area contributed by atoms with Gasteiger partial charge in [-0.1, -0.05) is 29.8 Å². The number of nitrogens with one attached hydrogen (secondary N) is 1. The maximum atomic E-state index is 6.21. The molecule has 1 aromatic heterocycles. The summed E-state index contributed by atoms with van der Waals surface area (Å²) in [5.41, 5.74) is 2.04. The topological polar surface area (TPSA) is 37.4 Å².